The van der Waals surface area contributed by atoms with E-state index in [0.29, 0.717) is 17.0 Å². The van der Waals surface area contributed by atoms with Gasteiger partial charge in [-0.25, -0.2) is 0 Å². The van der Waals surface area contributed by atoms with Gasteiger partial charge in [0.1, 0.15) is 0 Å². The van der Waals surface area contributed by atoms with E-state index in [2.05, 4.69) is 25.6 Å². The highest BCUT2D eigenvalue weighted by atomic mass is 32.1. The van der Waals surface area contributed by atoms with Gasteiger partial charge in [0.25, 0.3) is 5.91 Å². The second kappa shape index (κ2) is 6.17. The topological polar surface area (TPSA) is 85.1 Å². The van der Waals surface area contributed by atoms with Crippen molar-refractivity contribution in [2.45, 2.75) is 6.54 Å². The smallest absolute Gasteiger partial charge is 0.253 e. The van der Waals surface area contributed by atoms with Crippen molar-refractivity contribution in [3.63, 3.8) is 0 Å². The van der Waals surface area contributed by atoms with Gasteiger partial charge in [-0.3, -0.25) is 9.78 Å². The van der Waals surface area contributed by atoms with Gasteiger partial charge in [0.2, 0.25) is 0 Å². The molecule has 4 aromatic rings. The summed E-state index contributed by atoms with van der Waals surface area (Å²) in [5.41, 5.74) is 3.02. The fourth-order valence-corrected chi connectivity index (χ4v) is 2.92. The van der Waals surface area contributed by atoms with Crippen LogP contribution in [-0.2, 0) is 6.54 Å². The zero-order chi connectivity index (χ0) is 16.4. The Bertz CT molecular complexity index is 980. The molecule has 24 heavy (non-hydrogen) atoms. The third-order valence-electron chi connectivity index (χ3n) is 3.48. The molecule has 0 aliphatic carbocycles. The van der Waals surface area contributed by atoms with Gasteiger partial charge in [-0.15, -0.1) is 10.2 Å². The highest BCUT2D eigenvalue weighted by Crippen LogP contribution is 2.20. The van der Waals surface area contributed by atoms with Gasteiger partial charge >= 0.3 is 0 Å². The molecule has 4 heterocycles. The Labute approximate surface area is 141 Å². The van der Waals surface area contributed by atoms with Crippen LogP contribution in [-0.4, -0.2) is 30.7 Å². The first-order chi connectivity index (χ1) is 11.8. The van der Waals surface area contributed by atoms with Gasteiger partial charge in [0.05, 0.1) is 17.8 Å². The SMILES string of the molecule is O=C(NCc1nnc2ccc(-c3ccsc3)nn12)c1cccnc1. The van der Waals surface area contributed by atoms with Crippen molar-refractivity contribution in [3.05, 3.63) is 64.9 Å². The number of hydrogen-bond acceptors (Lipinski definition) is 6. The van der Waals surface area contributed by atoms with E-state index in [4.69, 9.17) is 0 Å². The first-order valence-electron chi connectivity index (χ1n) is 7.23. The van der Waals surface area contributed by atoms with Crippen molar-refractivity contribution in [1.29, 1.82) is 0 Å². The van der Waals surface area contributed by atoms with E-state index in [1.165, 1.54) is 6.20 Å². The predicted molar refractivity (Wildman–Crippen MR) is 89.5 cm³/mol. The van der Waals surface area contributed by atoms with Crippen LogP contribution in [0.4, 0.5) is 0 Å². The maximum atomic E-state index is 12.1. The number of fused-ring (bicyclic) bond motifs is 1. The van der Waals surface area contributed by atoms with Crippen molar-refractivity contribution >= 4 is 22.9 Å². The van der Waals surface area contributed by atoms with E-state index in [0.717, 1.165) is 11.3 Å². The summed E-state index contributed by atoms with van der Waals surface area (Å²) in [7, 11) is 0. The Balaban J connectivity index is 1.58. The number of carbonyl (C=O) groups excluding carboxylic acids is 1. The van der Waals surface area contributed by atoms with Gasteiger partial charge in [0, 0.05) is 23.3 Å². The largest absolute Gasteiger partial charge is 0.345 e. The van der Waals surface area contributed by atoms with Gasteiger partial charge in [0.15, 0.2) is 11.5 Å². The maximum absolute atomic E-state index is 12.1. The molecule has 1 amide bonds. The second-order valence-corrected chi connectivity index (χ2v) is 5.82. The number of nitrogens with zero attached hydrogens (tertiary/aromatic N) is 5. The molecule has 4 rings (SSSR count). The number of carbonyl (C=O) groups is 1. The molecule has 4 aromatic heterocycles. The number of aromatic nitrogens is 5. The molecular weight excluding hydrogens is 324 g/mol. The van der Waals surface area contributed by atoms with E-state index in [1.807, 2.05) is 29.0 Å². The number of pyridine rings is 1. The summed E-state index contributed by atoms with van der Waals surface area (Å²) in [6.45, 7) is 0.231. The molecule has 0 bridgehead atoms. The van der Waals surface area contributed by atoms with Gasteiger partial charge in [-0.2, -0.15) is 21.0 Å². The molecule has 118 valence electrons. The molecule has 0 saturated heterocycles. The highest BCUT2D eigenvalue weighted by Gasteiger charge is 2.11. The van der Waals surface area contributed by atoms with Crippen LogP contribution < -0.4 is 5.32 Å². The lowest BCUT2D eigenvalue weighted by Gasteiger charge is -2.04. The van der Waals surface area contributed by atoms with E-state index in [9.17, 15) is 4.79 Å². The van der Waals surface area contributed by atoms with Gasteiger partial charge in [-0.1, -0.05) is 0 Å². The Morgan fingerprint density at radius 3 is 2.96 bits per heavy atom. The summed E-state index contributed by atoms with van der Waals surface area (Å²) >= 11 is 1.61. The first kappa shape index (κ1) is 14.5. The number of hydrogen-bond donors (Lipinski definition) is 1. The van der Waals surface area contributed by atoms with Gasteiger partial charge < -0.3 is 5.32 Å². The van der Waals surface area contributed by atoms with Crippen LogP contribution in [0.1, 0.15) is 16.2 Å². The molecule has 0 spiro atoms. The van der Waals surface area contributed by atoms with Crippen molar-refractivity contribution in [3.8, 4) is 11.3 Å². The summed E-state index contributed by atoms with van der Waals surface area (Å²) in [6, 6.07) is 9.20. The van der Waals surface area contributed by atoms with E-state index < -0.39 is 0 Å². The Morgan fingerprint density at radius 1 is 1.21 bits per heavy atom. The lowest BCUT2D eigenvalue weighted by molar-refractivity contribution is 0.0949. The minimum atomic E-state index is -0.214. The summed E-state index contributed by atoms with van der Waals surface area (Å²) in [6.07, 6.45) is 3.14. The third kappa shape index (κ3) is 2.74. The molecule has 0 aromatic carbocycles. The zero-order valence-electron chi connectivity index (χ0n) is 12.5. The quantitative estimate of drug-likeness (QED) is 0.617. The normalized spacial score (nSPS) is 10.8. The Hall–Kier alpha value is -3.13. The molecule has 7 nitrogen and oxygen atoms in total. The zero-order valence-corrected chi connectivity index (χ0v) is 13.3. The Morgan fingerprint density at radius 2 is 2.17 bits per heavy atom. The van der Waals surface area contributed by atoms with Crippen molar-refractivity contribution in [1.82, 2.24) is 30.1 Å². The number of nitrogens with one attached hydrogen (secondary N) is 1. The Kier molecular flexibility index (Phi) is 3.72. The average Bonchev–Trinajstić information content (AvgIpc) is 3.30. The van der Waals surface area contributed by atoms with Crippen LogP contribution in [0, 0.1) is 0 Å². The van der Waals surface area contributed by atoms with Crippen molar-refractivity contribution in [2.75, 3.05) is 0 Å². The van der Waals surface area contributed by atoms with Crippen molar-refractivity contribution < 1.29 is 4.79 Å². The highest BCUT2D eigenvalue weighted by molar-refractivity contribution is 7.08. The molecule has 0 radical (unpaired) electrons. The van der Waals surface area contributed by atoms with Crippen LogP contribution in [0.3, 0.4) is 0 Å². The van der Waals surface area contributed by atoms with Crippen LogP contribution in [0.15, 0.2) is 53.5 Å². The standard InChI is InChI=1S/C16H12N6OS/c23-16(11-2-1-6-17-8-11)18-9-15-20-19-14-4-3-13(21-22(14)15)12-5-7-24-10-12/h1-8,10H,9H2,(H,18,23). The van der Waals surface area contributed by atoms with Crippen LogP contribution >= 0.6 is 11.3 Å². The lowest BCUT2D eigenvalue weighted by atomic mass is 10.2. The molecule has 0 unspecified atom stereocenters. The molecule has 8 heteroatoms. The summed E-state index contributed by atoms with van der Waals surface area (Å²) in [4.78, 5) is 16.0. The van der Waals surface area contributed by atoms with Crippen LogP contribution in [0.25, 0.3) is 16.9 Å². The fourth-order valence-electron chi connectivity index (χ4n) is 2.27. The van der Waals surface area contributed by atoms with Crippen molar-refractivity contribution in [2.24, 2.45) is 0 Å². The van der Waals surface area contributed by atoms with E-state index in [1.54, 1.807) is 34.2 Å². The minimum Gasteiger partial charge on any atom is -0.345 e. The summed E-state index contributed by atoms with van der Waals surface area (Å²) in [5, 5.41) is 19.6. The van der Waals surface area contributed by atoms with E-state index in [-0.39, 0.29) is 12.5 Å². The fraction of sp³-hybridized carbons (Fsp3) is 0.0625. The molecule has 0 aliphatic heterocycles. The number of thiophene rings is 1. The molecule has 0 fully saturated rings. The summed E-state index contributed by atoms with van der Waals surface area (Å²) in [5.74, 6) is 0.355. The lowest BCUT2D eigenvalue weighted by Crippen LogP contribution is -2.24. The first-order valence-corrected chi connectivity index (χ1v) is 8.18. The molecular formula is C16H12N6OS. The molecule has 0 aliphatic rings. The van der Waals surface area contributed by atoms with Gasteiger partial charge in [-0.05, 0) is 35.7 Å². The number of rotatable bonds is 4. The second-order valence-electron chi connectivity index (χ2n) is 5.04. The monoisotopic (exact) mass is 336 g/mol. The summed E-state index contributed by atoms with van der Waals surface area (Å²) < 4.78 is 1.65. The third-order valence-corrected chi connectivity index (χ3v) is 4.16. The molecule has 1 N–H and O–H groups in total. The maximum Gasteiger partial charge on any atom is 0.253 e. The minimum absolute atomic E-state index is 0.214. The van der Waals surface area contributed by atoms with E-state index >= 15 is 0 Å². The average molecular weight is 336 g/mol. The molecule has 0 saturated carbocycles. The number of amides is 1. The molecule has 0 atom stereocenters. The predicted octanol–water partition coefficient (Wildman–Crippen LogP) is 2.18. The van der Waals surface area contributed by atoms with Crippen LogP contribution in [0.5, 0.6) is 0 Å². The van der Waals surface area contributed by atoms with Crippen LogP contribution in [0.2, 0.25) is 0 Å².